The third kappa shape index (κ3) is 8.01. The number of anilines is 1. The predicted molar refractivity (Wildman–Crippen MR) is 159 cm³/mol. The molecule has 0 saturated carbocycles. The Balaban J connectivity index is 1.51. The summed E-state index contributed by atoms with van der Waals surface area (Å²) in [5, 5.41) is 7.49. The van der Waals surface area contributed by atoms with E-state index in [1.165, 1.54) is 24.1 Å². The van der Waals surface area contributed by atoms with E-state index in [2.05, 4.69) is 15.7 Å². The zero-order valence-corrected chi connectivity index (χ0v) is 24.7. The van der Waals surface area contributed by atoms with Crippen LogP contribution in [-0.2, 0) is 25.8 Å². The highest BCUT2D eigenvalue weighted by molar-refractivity contribution is 6.31. The van der Waals surface area contributed by atoms with Gasteiger partial charge in [-0.15, -0.1) is 0 Å². The van der Waals surface area contributed by atoms with E-state index < -0.39 is 11.9 Å². The van der Waals surface area contributed by atoms with Gasteiger partial charge in [0, 0.05) is 56.6 Å². The highest BCUT2D eigenvalue weighted by Gasteiger charge is 2.28. The van der Waals surface area contributed by atoms with Crippen molar-refractivity contribution >= 4 is 46.4 Å². The number of fused-ring (bicyclic) bond motifs is 1. The number of halogens is 2. The Morgan fingerprint density at radius 3 is 2.60 bits per heavy atom. The van der Waals surface area contributed by atoms with Crippen LogP contribution in [0.1, 0.15) is 39.2 Å². The van der Waals surface area contributed by atoms with Crippen LogP contribution in [0.4, 0.5) is 10.2 Å². The molecule has 3 atom stereocenters. The lowest BCUT2D eigenvalue weighted by molar-refractivity contribution is -0.140. The summed E-state index contributed by atoms with van der Waals surface area (Å²) in [5.41, 5.74) is 3.48. The number of carbonyl (C=O) groups is 3. The number of piperazine rings is 1. The molecular weight excluding hydrogens is 563 g/mol. The molecule has 3 amide bonds. The monoisotopic (exact) mass is 598 g/mol. The van der Waals surface area contributed by atoms with Gasteiger partial charge in [-0.2, -0.15) is 5.06 Å². The van der Waals surface area contributed by atoms with E-state index in [-0.39, 0.29) is 60.7 Å². The number of amides is 3. The molecule has 4 rings (SSSR count). The first-order valence-corrected chi connectivity index (χ1v) is 14.3. The van der Waals surface area contributed by atoms with Crippen LogP contribution in [0.15, 0.2) is 54.7 Å². The van der Waals surface area contributed by atoms with Gasteiger partial charge < -0.3 is 10.2 Å². The summed E-state index contributed by atoms with van der Waals surface area (Å²) in [7, 11) is 0. The van der Waals surface area contributed by atoms with Gasteiger partial charge in [-0.1, -0.05) is 48.0 Å². The summed E-state index contributed by atoms with van der Waals surface area (Å²) in [5.74, 6) is -0.689. The minimum atomic E-state index is -0.667. The number of aromatic nitrogens is 1. The molecule has 0 bridgehead atoms. The Labute approximate surface area is 249 Å². The molecule has 1 aromatic heterocycles. The van der Waals surface area contributed by atoms with Gasteiger partial charge in [0.15, 0.2) is 5.82 Å². The summed E-state index contributed by atoms with van der Waals surface area (Å²) in [6, 6.07) is 13.4. The van der Waals surface area contributed by atoms with Crippen LogP contribution in [-0.4, -0.2) is 70.9 Å². The molecular formula is C30H36ClFN6O4. The SMILES string of the molecule is CC(=O)N(NCc1cccc(F)c1Cl)[C@@H](CCC(=O)N1C[C@@H](C)N[C@@H](C)C1)CON(C=O)c1cc2ccccc2cn1. The number of nitrogens with zero attached hydrogens (tertiary/aromatic N) is 4. The van der Waals surface area contributed by atoms with Crippen molar-refractivity contribution in [3.63, 3.8) is 0 Å². The number of benzene rings is 2. The lowest BCUT2D eigenvalue weighted by Gasteiger charge is -2.37. The molecule has 1 aliphatic rings. The van der Waals surface area contributed by atoms with Crippen LogP contribution >= 0.6 is 11.6 Å². The van der Waals surface area contributed by atoms with E-state index in [9.17, 15) is 18.8 Å². The molecule has 0 radical (unpaired) electrons. The van der Waals surface area contributed by atoms with Gasteiger partial charge in [0.25, 0.3) is 0 Å². The quantitative estimate of drug-likeness (QED) is 0.241. The molecule has 2 heterocycles. The van der Waals surface area contributed by atoms with Crippen molar-refractivity contribution in [2.75, 3.05) is 24.8 Å². The summed E-state index contributed by atoms with van der Waals surface area (Å²) >= 11 is 6.13. The molecule has 42 heavy (non-hydrogen) atoms. The maximum Gasteiger partial charge on any atom is 0.239 e. The van der Waals surface area contributed by atoms with Crippen LogP contribution in [0.25, 0.3) is 10.8 Å². The van der Waals surface area contributed by atoms with Crippen LogP contribution in [0.5, 0.6) is 0 Å². The number of hydrogen-bond donors (Lipinski definition) is 2. The van der Waals surface area contributed by atoms with Crippen LogP contribution in [0.3, 0.4) is 0 Å². The minimum absolute atomic E-state index is 0.0414. The van der Waals surface area contributed by atoms with Gasteiger partial charge in [-0.05, 0) is 43.4 Å². The van der Waals surface area contributed by atoms with Crippen molar-refractivity contribution in [2.45, 2.75) is 58.3 Å². The summed E-state index contributed by atoms with van der Waals surface area (Å²) in [6.45, 7) is 6.53. The lowest BCUT2D eigenvalue weighted by atomic mass is 10.1. The molecule has 1 aliphatic heterocycles. The van der Waals surface area contributed by atoms with E-state index in [1.807, 2.05) is 43.0 Å². The first-order valence-electron chi connectivity index (χ1n) is 13.9. The Morgan fingerprint density at radius 1 is 1.19 bits per heavy atom. The van der Waals surface area contributed by atoms with Crippen molar-refractivity contribution in [1.82, 2.24) is 25.6 Å². The average molecular weight is 599 g/mol. The van der Waals surface area contributed by atoms with Gasteiger partial charge in [0.05, 0.1) is 17.7 Å². The first-order chi connectivity index (χ1) is 20.2. The Kier molecular flexibility index (Phi) is 10.8. The highest BCUT2D eigenvalue weighted by atomic mass is 35.5. The van der Waals surface area contributed by atoms with Crippen molar-refractivity contribution < 1.29 is 23.6 Å². The number of hydrazine groups is 1. The summed E-state index contributed by atoms with van der Waals surface area (Å²) in [4.78, 5) is 50.1. The van der Waals surface area contributed by atoms with Gasteiger partial charge in [0.1, 0.15) is 5.82 Å². The van der Waals surface area contributed by atoms with Gasteiger partial charge in [-0.25, -0.2) is 14.8 Å². The number of rotatable bonds is 12. The van der Waals surface area contributed by atoms with Crippen molar-refractivity contribution in [3.8, 4) is 0 Å². The third-order valence-electron chi connectivity index (χ3n) is 7.12. The molecule has 0 spiro atoms. The second-order valence-electron chi connectivity index (χ2n) is 10.5. The standard InChI is InChI=1S/C30H36ClFN6O4/c1-20-16-36(17-21(2)35-20)29(41)12-11-26(38(22(3)40)34-15-25-9-6-10-27(32)30(25)31)18-42-37(19-39)28-13-23-7-4-5-8-24(23)14-33-28/h4-10,13-14,19-21,26,34-35H,11-12,15-18H2,1-3H3/t20-,21+,26-/m0/s1. The van der Waals surface area contributed by atoms with Crippen LogP contribution in [0, 0.1) is 5.82 Å². The first kappa shape index (κ1) is 31.3. The lowest BCUT2D eigenvalue weighted by Crippen LogP contribution is -2.56. The molecule has 2 aromatic carbocycles. The van der Waals surface area contributed by atoms with E-state index in [0.29, 0.717) is 25.1 Å². The number of carbonyl (C=O) groups excluding carboxylic acids is 3. The molecule has 224 valence electrons. The summed E-state index contributed by atoms with van der Waals surface area (Å²) in [6.07, 6.45) is 2.53. The van der Waals surface area contributed by atoms with Crippen molar-refractivity contribution in [2.24, 2.45) is 0 Å². The van der Waals surface area contributed by atoms with Crippen molar-refractivity contribution in [1.29, 1.82) is 0 Å². The molecule has 12 heteroatoms. The Bertz CT molecular complexity index is 1400. The topological polar surface area (TPSA) is 107 Å². The summed E-state index contributed by atoms with van der Waals surface area (Å²) < 4.78 is 14.0. The minimum Gasteiger partial charge on any atom is -0.340 e. The Morgan fingerprint density at radius 2 is 1.90 bits per heavy atom. The normalized spacial score (nSPS) is 17.6. The third-order valence-corrected chi connectivity index (χ3v) is 7.54. The smallest absolute Gasteiger partial charge is 0.239 e. The second kappa shape index (κ2) is 14.5. The average Bonchev–Trinajstić information content (AvgIpc) is 2.96. The zero-order chi connectivity index (χ0) is 30.2. The largest absolute Gasteiger partial charge is 0.340 e. The van der Waals surface area contributed by atoms with Crippen molar-refractivity contribution in [3.05, 3.63) is 71.1 Å². The molecule has 0 aliphatic carbocycles. The maximum atomic E-state index is 14.0. The molecule has 3 aromatic rings. The molecule has 2 N–H and O–H groups in total. The predicted octanol–water partition coefficient (Wildman–Crippen LogP) is 3.83. The van der Waals surface area contributed by atoms with E-state index >= 15 is 0 Å². The zero-order valence-electron chi connectivity index (χ0n) is 23.9. The fourth-order valence-electron chi connectivity index (χ4n) is 5.13. The van der Waals surface area contributed by atoms with E-state index in [0.717, 1.165) is 15.8 Å². The second-order valence-corrected chi connectivity index (χ2v) is 10.9. The fourth-order valence-corrected chi connectivity index (χ4v) is 5.32. The van der Waals surface area contributed by atoms with Gasteiger partial charge >= 0.3 is 0 Å². The van der Waals surface area contributed by atoms with Gasteiger partial charge in [-0.3, -0.25) is 24.2 Å². The molecule has 1 saturated heterocycles. The molecule has 1 fully saturated rings. The number of hydrogen-bond acceptors (Lipinski definition) is 7. The number of pyridine rings is 1. The number of nitrogens with one attached hydrogen (secondary N) is 2. The Hall–Kier alpha value is -3.64. The van der Waals surface area contributed by atoms with Crippen LogP contribution < -0.4 is 15.8 Å². The van der Waals surface area contributed by atoms with Crippen LogP contribution in [0.2, 0.25) is 5.02 Å². The highest BCUT2D eigenvalue weighted by Crippen LogP contribution is 2.22. The fraction of sp³-hybridized carbons (Fsp3) is 0.400. The van der Waals surface area contributed by atoms with Gasteiger partial charge in [0.2, 0.25) is 18.2 Å². The van der Waals surface area contributed by atoms with E-state index in [1.54, 1.807) is 18.3 Å². The number of hydroxylamine groups is 1. The maximum absolute atomic E-state index is 14.0. The molecule has 0 unspecified atom stereocenters. The molecule has 10 nitrogen and oxygen atoms in total. The van der Waals surface area contributed by atoms with E-state index in [4.69, 9.17) is 16.4 Å².